The predicted octanol–water partition coefficient (Wildman–Crippen LogP) is 1.78. The molecule has 1 aliphatic rings. The Bertz CT molecular complexity index is 530. The molecule has 1 aromatic carbocycles. The minimum Gasteiger partial charge on any atom is -0.443 e. The number of carbonyl (C=O) groups excluding carboxylic acids is 1. The Kier molecular flexibility index (Phi) is 2.78. The summed E-state index contributed by atoms with van der Waals surface area (Å²) >= 11 is 0. The van der Waals surface area contributed by atoms with Crippen molar-refractivity contribution in [1.29, 1.82) is 0 Å². The highest BCUT2D eigenvalue weighted by atomic mass is 32.3. The van der Waals surface area contributed by atoms with Gasteiger partial charge < -0.3 is 4.74 Å². The summed E-state index contributed by atoms with van der Waals surface area (Å²) in [5.41, 5.74) is 0.507. The highest BCUT2D eigenvalue weighted by Crippen LogP contribution is 2.35. The van der Waals surface area contributed by atoms with Crippen LogP contribution in [0, 0.1) is 0 Å². The van der Waals surface area contributed by atoms with Crippen molar-refractivity contribution in [3.05, 3.63) is 35.9 Å². The lowest BCUT2D eigenvalue weighted by Crippen LogP contribution is -2.32. The van der Waals surface area contributed by atoms with Crippen LogP contribution in [-0.2, 0) is 15.1 Å². The van der Waals surface area contributed by atoms with Crippen molar-refractivity contribution in [2.45, 2.75) is 19.1 Å². The first-order valence-corrected chi connectivity index (χ1v) is 6.25. The van der Waals surface area contributed by atoms with E-state index in [9.17, 15) is 17.1 Å². The first-order chi connectivity index (χ1) is 7.91. The van der Waals surface area contributed by atoms with Gasteiger partial charge in [-0.25, -0.2) is 4.79 Å². The van der Waals surface area contributed by atoms with Crippen LogP contribution < -0.4 is 0 Å². The Labute approximate surface area is 98.1 Å². The molecule has 0 unspecified atom stereocenters. The molecule has 92 valence electrons. The largest absolute Gasteiger partial charge is 0.443 e. The van der Waals surface area contributed by atoms with Gasteiger partial charge >= 0.3 is 16.5 Å². The third kappa shape index (κ3) is 2.10. The summed E-state index contributed by atoms with van der Waals surface area (Å²) in [6.45, 7) is 1.51. The van der Waals surface area contributed by atoms with Gasteiger partial charge in [-0.05, 0) is 12.5 Å². The van der Waals surface area contributed by atoms with E-state index in [0.29, 0.717) is 5.56 Å². The topological polar surface area (TPSA) is 63.7 Å². The minimum absolute atomic E-state index is 0.132. The number of carbonyl (C=O) groups is 1. The molecule has 1 aliphatic heterocycles. The van der Waals surface area contributed by atoms with E-state index in [0.717, 1.165) is 0 Å². The Morgan fingerprint density at radius 2 is 1.88 bits per heavy atom. The summed E-state index contributed by atoms with van der Waals surface area (Å²) in [6.07, 6.45) is -1.91. The molecule has 7 heteroatoms. The van der Waals surface area contributed by atoms with Crippen LogP contribution in [0.2, 0.25) is 0 Å². The highest BCUT2D eigenvalue weighted by molar-refractivity contribution is 7.84. The Morgan fingerprint density at radius 3 is 2.41 bits per heavy atom. The number of cyclic esters (lactones) is 1. The van der Waals surface area contributed by atoms with Crippen LogP contribution in [0.15, 0.2) is 30.3 Å². The average molecular weight is 259 g/mol. The van der Waals surface area contributed by atoms with E-state index in [1.165, 1.54) is 6.92 Å². The van der Waals surface area contributed by atoms with Crippen LogP contribution in [0.3, 0.4) is 0 Å². The van der Waals surface area contributed by atoms with Gasteiger partial charge in [0.15, 0.2) is 0 Å². The molecule has 0 N–H and O–H groups in total. The molecular formula is C10H10FNO4S. The standard InChI is InChI=1S/C10H10FNO4S/c1-7-9(8-5-3-2-4-6-8)12(10(13)16-7)17(11,14)15/h2-7,9H,1H3/t7-,9+/m0/s1. The van der Waals surface area contributed by atoms with E-state index >= 15 is 0 Å². The number of halogens is 1. The molecule has 1 aromatic rings. The molecule has 2 rings (SSSR count). The van der Waals surface area contributed by atoms with Crippen molar-refractivity contribution in [3.8, 4) is 0 Å². The summed E-state index contributed by atoms with van der Waals surface area (Å²) in [4.78, 5) is 11.3. The second-order valence-corrected chi connectivity index (χ2v) is 4.90. The first kappa shape index (κ1) is 11.8. The van der Waals surface area contributed by atoms with E-state index < -0.39 is 28.6 Å². The van der Waals surface area contributed by atoms with E-state index in [2.05, 4.69) is 0 Å². The molecular weight excluding hydrogens is 249 g/mol. The van der Waals surface area contributed by atoms with Gasteiger partial charge in [0.25, 0.3) is 0 Å². The van der Waals surface area contributed by atoms with Gasteiger partial charge in [-0.3, -0.25) is 0 Å². The molecule has 0 aliphatic carbocycles. The molecule has 0 saturated carbocycles. The van der Waals surface area contributed by atoms with Crippen molar-refractivity contribution in [3.63, 3.8) is 0 Å². The van der Waals surface area contributed by atoms with Crippen molar-refractivity contribution < 1.29 is 21.8 Å². The molecule has 0 bridgehead atoms. The Morgan fingerprint density at radius 1 is 1.29 bits per heavy atom. The number of hydrogen-bond acceptors (Lipinski definition) is 4. The number of hydrogen-bond donors (Lipinski definition) is 0. The maximum absolute atomic E-state index is 13.1. The lowest BCUT2D eigenvalue weighted by atomic mass is 10.0. The maximum Gasteiger partial charge on any atom is 0.426 e. The van der Waals surface area contributed by atoms with Crippen molar-refractivity contribution in [2.75, 3.05) is 0 Å². The van der Waals surface area contributed by atoms with Gasteiger partial charge in [-0.2, -0.15) is 12.7 Å². The summed E-state index contributed by atoms with van der Waals surface area (Å²) in [5.74, 6) is 0. The summed E-state index contributed by atoms with van der Waals surface area (Å²) in [6, 6.07) is 7.35. The third-order valence-corrected chi connectivity index (χ3v) is 3.39. The molecule has 1 amide bonds. The Balaban J connectivity index is 2.47. The number of rotatable bonds is 2. The van der Waals surface area contributed by atoms with Gasteiger partial charge in [-0.15, -0.1) is 0 Å². The summed E-state index contributed by atoms with van der Waals surface area (Å²) < 4.78 is 39.8. The summed E-state index contributed by atoms with van der Waals surface area (Å²) in [5, 5.41) is 0. The van der Waals surface area contributed by atoms with Crippen LogP contribution in [0.25, 0.3) is 0 Å². The van der Waals surface area contributed by atoms with Crippen molar-refractivity contribution in [2.24, 2.45) is 0 Å². The van der Waals surface area contributed by atoms with E-state index in [1.54, 1.807) is 30.3 Å². The van der Waals surface area contributed by atoms with Crippen molar-refractivity contribution >= 4 is 16.5 Å². The van der Waals surface area contributed by atoms with E-state index in [4.69, 9.17) is 4.74 Å². The molecule has 2 atom stereocenters. The van der Waals surface area contributed by atoms with Crippen LogP contribution in [0.5, 0.6) is 0 Å². The van der Waals surface area contributed by atoms with Gasteiger partial charge in [0.2, 0.25) is 0 Å². The lowest BCUT2D eigenvalue weighted by Gasteiger charge is -2.19. The fraction of sp³-hybridized carbons (Fsp3) is 0.300. The van der Waals surface area contributed by atoms with E-state index in [1.807, 2.05) is 0 Å². The number of ether oxygens (including phenoxy) is 1. The third-order valence-electron chi connectivity index (χ3n) is 2.54. The zero-order valence-corrected chi connectivity index (χ0v) is 9.72. The SMILES string of the molecule is C[C@@H]1OC(=O)N(S(=O)(=O)F)[C@H]1c1ccccc1. The molecule has 17 heavy (non-hydrogen) atoms. The van der Waals surface area contributed by atoms with Crippen LogP contribution in [0.1, 0.15) is 18.5 Å². The fourth-order valence-electron chi connectivity index (χ4n) is 1.86. The smallest absolute Gasteiger partial charge is 0.426 e. The Hall–Kier alpha value is -1.63. The minimum atomic E-state index is -5.12. The fourth-order valence-corrected chi connectivity index (χ4v) is 2.65. The quantitative estimate of drug-likeness (QED) is 0.759. The zero-order chi connectivity index (χ0) is 12.6. The van der Waals surface area contributed by atoms with Gasteiger partial charge in [0.05, 0.1) is 0 Å². The normalized spacial score (nSPS) is 24.8. The maximum atomic E-state index is 13.1. The molecule has 0 aromatic heterocycles. The van der Waals surface area contributed by atoms with E-state index in [-0.39, 0.29) is 4.31 Å². The lowest BCUT2D eigenvalue weighted by molar-refractivity contribution is 0.140. The predicted molar refractivity (Wildman–Crippen MR) is 57.0 cm³/mol. The van der Waals surface area contributed by atoms with Crippen LogP contribution in [0.4, 0.5) is 8.68 Å². The average Bonchev–Trinajstić information content (AvgIpc) is 2.54. The molecule has 1 heterocycles. The zero-order valence-electron chi connectivity index (χ0n) is 8.91. The monoisotopic (exact) mass is 259 g/mol. The second-order valence-electron chi connectivity index (χ2n) is 3.68. The van der Waals surface area contributed by atoms with Crippen LogP contribution >= 0.6 is 0 Å². The molecule has 0 spiro atoms. The molecule has 0 radical (unpaired) electrons. The first-order valence-electron chi connectivity index (χ1n) is 4.91. The van der Waals surface area contributed by atoms with Crippen molar-refractivity contribution in [1.82, 2.24) is 4.31 Å². The number of benzene rings is 1. The molecule has 1 saturated heterocycles. The van der Waals surface area contributed by atoms with Gasteiger partial charge in [0, 0.05) is 0 Å². The highest BCUT2D eigenvalue weighted by Gasteiger charge is 2.47. The van der Waals surface area contributed by atoms with Gasteiger partial charge in [0.1, 0.15) is 12.1 Å². The number of amides is 1. The van der Waals surface area contributed by atoms with Crippen LogP contribution in [-0.4, -0.2) is 24.9 Å². The molecule has 5 nitrogen and oxygen atoms in total. The van der Waals surface area contributed by atoms with Gasteiger partial charge in [-0.1, -0.05) is 34.2 Å². The number of nitrogens with zero attached hydrogens (tertiary/aromatic N) is 1. The second kappa shape index (κ2) is 3.99. The summed E-state index contributed by atoms with van der Waals surface area (Å²) in [7, 11) is -5.12. The molecule has 1 fully saturated rings.